The molecule has 0 atom stereocenters. The molecule has 0 aliphatic rings. The van der Waals surface area contributed by atoms with E-state index in [1.807, 2.05) is 18.7 Å². The summed E-state index contributed by atoms with van der Waals surface area (Å²) in [4.78, 5) is 0. The summed E-state index contributed by atoms with van der Waals surface area (Å²) in [5, 5.41) is 17.9. The monoisotopic (exact) mass is 257 g/mol. The van der Waals surface area contributed by atoms with E-state index in [4.69, 9.17) is 5.11 Å². The molecular weight excluding hydrogens is 234 g/mol. The molecule has 0 unspecified atom stereocenters. The predicted molar refractivity (Wildman–Crippen MR) is 72.3 cm³/mol. The van der Waals surface area contributed by atoms with E-state index < -0.39 is 0 Å². The van der Waals surface area contributed by atoms with Gasteiger partial charge < -0.3 is 10.4 Å². The Morgan fingerprint density at radius 2 is 2.18 bits per heavy atom. The summed E-state index contributed by atoms with van der Waals surface area (Å²) < 4.78 is 1.94. The largest absolute Gasteiger partial charge is 0.396 e. The van der Waals surface area contributed by atoms with Crippen LogP contribution in [0.2, 0.25) is 0 Å². The van der Waals surface area contributed by atoms with E-state index in [9.17, 15) is 0 Å². The van der Waals surface area contributed by atoms with Crippen LogP contribution < -0.4 is 5.32 Å². The zero-order valence-electron chi connectivity index (χ0n) is 11.2. The van der Waals surface area contributed by atoms with Crippen LogP contribution in [0.3, 0.4) is 0 Å². The summed E-state index contributed by atoms with van der Waals surface area (Å²) in [5.41, 5.74) is 2.37. The van der Waals surface area contributed by atoms with Gasteiger partial charge in [0.05, 0.1) is 10.7 Å². The SMILES string of the molecule is Cc1nn(C)c(SCCCO)c1CNC(C)C. The van der Waals surface area contributed by atoms with Crippen LogP contribution >= 0.6 is 11.8 Å². The van der Waals surface area contributed by atoms with E-state index in [0.717, 1.165) is 24.4 Å². The Labute approximate surface area is 108 Å². The van der Waals surface area contributed by atoms with E-state index in [-0.39, 0.29) is 6.61 Å². The van der Waals surface area contributed by atoms with Gasteiger partial charge in [-0.1, -0.05) is 13.8 Å². The van der Waals surface area contributed by atoms with Crippen molar-refractivity contribution >= 4 is 11.8 Å². The van der Waals surface area contributed by atoms with Crippen molar-refractivity contribution in [2.24, 2.45) is 7.05 Å². The molecule has 0 aliphatic heterocycles. The minimum absolute atomic E-state index is 0.253. The highest BCUT2D eigenvalue weighted by Crippen LogP contribution is 2.25. The van der Waals surface area contributed by atoms with Crippen molar-refractivity contribution in [3.63, 3.8) is 0 Å². The van der Waals surface area contributed by atoms with Crippen LogP contribution in [0.5, 0.6) is 0 Å². The number of nitrogens with one attached hydrogen (secondary N) is 1. The van der Waals surface area contributed by atoms with E-state index in [1.165, 1.54) is 10.6 Å². The average Bonchev–Trinajstić information content (AvgIpc) is 2.51. The second-order valence-corrected chi connectivity index (χ2v) is 5.54. The van der Waals surface area contributed by atoms with Gasteiger partial charge in [0.25, 0.3) is 0 Å². The molecule has 2 N–H and O–H groups in total. The number of aliphatic hydroxyl groups is 1. The number of hydrogen-bond donors (Lipinski definition) is 2. The average molecular weight is 257 g/mol. The standard InChI is InChI=1S/C12H23N3OS/c1-9(2)13-8-11-10(3)14-15(4)12(11)17-7-5-6-16/h9,13,16H,5-8H2,1-4H3. The minimum atomic E-state index is 0.253. The molecule has 98 valence electrons. The summed E-state index contributed by atoms with van der Waals surface area (Å²) in [6.07, 6.45) is 0.825. The van der Waals surface area contributed by atoms with Crippen molar-refractivity contribution in [2.75, 3.05) is 12.4 Å². The molecule has 1 heterocycles. The molecule has 0 fully saturated rings. The lowest BCUT2D eigenvalue weighted by Gasteiger charge is -2.10. The molecule has 0 saturated carbocycles. The first-order valence-electron chi connectivity index (χ1n) is 6.05. The second kappa shape index (κ2) is 7.03. The van der Waals surface area contributed by atoms with Gasteiger partial charge in [-0.15, -0.1) is 11.8 Å². The fourth-order valence-electron chi connectivity index (χ4n) is 1.60. The van der Waals surface area contributed by atoms with Crippen molar-refractivity contribution in [1.82, 2.24) is 15.1 Å². The van der Waals surface area contributed by atoms with Crippen molar-refractivity contribution in [3.05, 3.63) is 11.3 Å². The zero-order valence-corrected chi connectivity index (χ0v) is 12.0. The Hall–Kier alpha value is -0.520. The smallest absolute Gasteiger partial charge is 0.0984 e. The number of aromatic nitrogens is 2. The molecule has 0 spiro atoms. The lowest BCUT2D eigenvalue weighted by molar-refractivity contribution is 0.296. The number of hydrogen-bond acceptors (Lipinski definition) is 4. The number of rotatable bonds is 7. The fraction of sp³-hybridized carbons (Fsp3) is 0.750. The first kappa shape index (κ1) is 14.5. The predicted octanol–water partition coefficient (Wildman–Crippen LogP) is 1.70. The Morgan fingerprint density at radius 3 is 2.76 bits per heavy atom. The summed E-state index contributed by atoms with van der Waals surface area (Å²) >= 11 is 1.77. The van der Waals surface area contributed by atoms with E-state index in [2.05, 4.69) is 24.3 Å². The summed E-state index contributed by atoms with van der Waals surface area (Å²) in [7, 11) is 1.98. The number of aryl methyl sites for hydroxylation is 2. The van der Waals surface area contributed by atoms with Gasteiger partial charge in [-0.3, -0.25) is 4.68 Å². The molecule has 5 heteroatoms. The fourth-order valence-corrected chi connectivity index (χ4v) is 2.69. The van der Waals surface area contributed by atoms with Gasteiger partial charge in [-0.25, -0.2) is 0 Å². The molecular formula is C12H23N3OS. The van der Waals surface area contributed by atoms with Crippen molar-refractivity contribution in [1.29, 1.82) is 0 Å². The van der Waals surface area contributed by atoms with Crippen LogP contribution in [-0.2, 0) is 13.6 Å². The number of nitrogens with zero attached hydrogens (tertiary/aromatic N) is 2. The van der Waals surface area contributed by atoms with Crippen LogP contribution in [0.15, 0.2) is 5.03 Å². The first-order valence-corrected chi connectivity index (χ1v) is 7.04. The molecule has 0 radical (unpaired) electrons. The normalized spacial score (nSPS) is 11.4. The maximum atomic E-state index is 8.82. The third kappa shape index (κ3) is 4.33. The molecule has 0 bridgehead atoms. The molecule has 1 aromatic heterocycles. The first-order chi connectivity index (χ1) is 8.06. The molecule has 4 nitrogen and oxygen atoms in total. The highest BCUT2D eigenvalue weighted by Gasteiger charge is 2.13. The lowest BCUT2D eigenvalue weighted by Crippen LogP contribution is -2.22. The van der Waals surface area contributed by atoms with E-state index >= 15 is 0 Å². The summed E-state index contributed by atoms with van der Waals surface area (Å²) in [6, 6.07) is 0.477. The molecule has 0 aliphatic carbocycles. The van der Waals surface area contributed by atoms with Crippen LogP contribution in [0, 0.1) is 6.92 Å². The molecule has 0 saturated heterocycles. The van der Waals surface area contributed by atoms with Crippen LogP contribution in [0.4, 0.5) is 0 Å². The van der Waals surface area contributed by atoms with Crippen molar-refractivity contribution < 1.29 is 5.11 Å². The van der Waals surface area contributed by atoms with Gasteiger partial charge >= 0.3 is 0 Å². The maximum absolute atomic E-state index is 8.82. The van der Waals surface area contributed by atoms with Gasteiger partial charge in [0.2, 0.25) is 0 Å². The third-order valence-electron chi connectivity index (χ3n) is 2.52. The van der Waals surface area contributed by atoms with Crippen LogP contribution in [0.1, 0.15) is 31.5 Å². The summed E-state index contributed by atoms with van der Waals surface area (Å²) in [6.45, 7) is 7.45. The number of thioether (sulfide) groups is 1. The zero-order chi connectivity index (χ0) is 12.8. The highest BCUT2D eigenvalue weighted by molar-refractivity contribution is 7.99. The Balaban J connectivity index is 2.71. The van der Waals surface area contributed by atoms with Crippen molar-refractivity contribution in [3.8, 4) is 0 Å². The van der Waals surface area contributed by atoms with Crippen LogP contribution in [0.25, 0.3) is 0 Å². The molecule has 1 aromatic rings. The molecule has 17 heavy (non-hydrogen) atoms. The lowest BCUT2D eigenvalue weighted by atomic mass is 10.2. The van der Waals surface area contributed by atoms with Crippen LogP contribution in [-0.4, -0.2) is 33.3 Å². The quantitative estimate of drug-likeness (QED) is 0.576. The molecule has 0 aromatic carbocycles. The van der Waals surface area contributed by atoms with Crippen molar-refractivity contribution in [2.45, 2.75) is 44.8 Å². The Kier molecular flexibility index (Phi) is 6.02. The highest BCUT2D eigenvalue weighted by atomic mass is 32.2. The Bertz CT molecular complexity index is 350. The van der Waals surface area contributed by atoms with E-state index in [1.54, 1.807) is 11.8 Å². The van der Waals surface area contributed by atoms with Gasteiger partial charge in [0.1, 0.15) is 0 Å². The van der Waals surface area contributed by atoms with Gasteiger partial charge in [0, 0.05) is 37.6 Å². The van der Waals surface area contributed by atoms with Gasteiger partial charge in [0.15, 0.2) is 0 Å². The van der Waals surface area contributed by atoms with Gasteiger partial charge in [-0.05, 0) is 13.3 Å². The second-order valence-electron chi connectivity index (χ2n) is 4.45. The maximum Gasteiger partial charge on any atom is 0.0984 e. The topological polar surface area (TPSA) is 50.1 Å². The molecule has 1 rings (SSSR count). The number of aliphatic hydroxyl groups excluding tert-OH is 1. The minimum Gasteiger partial charge on any atom is -0.396 e. The molecule has 0 amide bonds. The summed E-state index contributed by atoms with van der Waals surface area (Å²) in [5.74, 6) is 0.935. The van der Waals surface area contributed by atoms with Gasteiger partial charge in [-0.2, -0.15) is 5.10 Å². The third-order valence-corrected chi connectivity index (χ3v) is 3.79. The van der Waals surface area contributed by atoms with E-state index in [0.29, 0.717) is 6.04 Å². The Morgan fingerprint density at radius 1 is 1.47 bits per heavy atom.